The Morgan fingerprint density at radius 1 is 1.27 bits per heavy atom. The van der Waals surface area contributed by atoms with Gasteiger partial charge in [-0.3, -0.25) is 0 Å². The van der Waals surface area contributed by atoms with Crippen LogP contribution in [0.3, 0.4) is 0 Å². The fourth-order valence-electron chi connectivity index (χ4n) is 2.41. The van der Waals surface area contributed by atoms with Gasteiger partial charge in [-0.2, -0.15) is 0 Å². The maximum Gasteiger partial charge on any atom is 0.0704 e. The van der Waals surface area contributed by atoms with Crippen LogP contribution in [0.15, 0.2) is 0 Å². The molecule has 2 nitrogen and oxygen atoms in total. The van der Waals surface area contributed by atoms with Gasteiger partial charge in [0.05, 0.1) is 12.2 Å². The SMILES string of the molecule is NCC1C[C@@H]2CCCC[C@H]2O1. The summed E-state index contributed by atoms with van der Waals surface area (Å²) in [6.07, 6.45) is 7.59. The van der Waals surface area contributed by atoms with Gasteiger partial charge in [0.25, 0.3) is 0 Å². The van der Waals surface area contributed by atoms with Crippen LogP contribution >= 0.6 is 0 Å². The van der Waals surface area contributed by atoms with Gasteiger partial charge in [0.15, 0.2) is 0 Å². The molecule has 11 heavy (non-hydrogen) atoms. The molecule has 3 atom stereocenters. The summed E-state index contributed by atoms with van der Waals surface area (Å²) in [5.41, 5.74) is 5.56. The number of hydrogen-bond acceptors (Lipinski definition) is 2. The number of ether oxygens (including phenoxy) is 1. The summed E-state index contributed by atoms with van der Waals surface area (Å²) in [6.45, 7) is 0.715. The second kappa shape index (κ2) is 3.11. The van der Waals surface area contributed by atoms with Gasteiger partial charge in [-0.25, -0.2) is 0 Å². The van der Waals surface area contributed by atoms with E-state index in [1.807, 2.05) is 0 Å². The Labute approximate surface area is 68.1 Å². The van der Waals surface area contributed by atoms with Gasteiger partial charge in [-0.1, -0.05) is 12.8 Å². The molecule has 1 saturated heterocycles. The number of nitrogens with two attached hydrogens (primary N) is 1. The third-order valence-corrected chi connectivity index (χ3v) is 3.04. The van der Waals surface area contributed by atoms with Gasteiger partial charge in [-0.05, 0) is 25.2 Å². The normalized spacial score (nSPS) is 43.9. The van der Waals surface area contributed by atoms with Gasteiger partial charge in [-0.15, -0.1) is 0 Å². The first-order valence-electron chi connectivity index (χ1n) is 4.75. The van der Waals surface area contributed by atoms with E-state index in [4.69, 9.17) is 10.5 Å². The number of hydrogen-bond donors (Lipinski definition) is 1. The highest BCUT2D eigenvalue weighted by Crippen LogP contribution is 2.36. The van der Waals surface area contributed by atoms with Crippen molar-refractivity contribution < 1.29 is 4.74 Å². The van der Waals surface area contributed by atoms with Crippen molar-refractivity contribution in [3.63, 3.8) is 0 Å². The summed E-state index contributed by atoms with van der Waals surface area (Å²) in [6, 6.07) is 0. The maximum atomic E-state index is 5.79. The molecule has 2 N–H and O–H groups in total. The molecule has 64 valence electrons. The molecular formula is C9H17NO. The maximum absolute atomic E-state index is 5.79. The lowest BCUT2D eigenvalue weighted by molar-refractivity contribution is 0.0231. The molecule has 0 radical (unpaired) electrons. The van der Waals surface area contributed by atoms with Crippen molar-refractivity contribution in [1.82, 2.24) is 0 Å². The van der Waals surface area contributed by atoms with Gasteiger partial charge >= 0.3 is 0 Å². The second-order valence-electron chi connectivity index (χ2n) is 3.81. The molecule has 2 fully saturated rings. The highest BCUT2D eigenvalue weighted by atomic mass is 16.5. The lowest BCUT2D eigenvalue weighted by Crippen LogP contribution is -2.22. The van der Waals surface area contributed by atoms with Gasteiger partial charge < -0.3 is 10.5 Å². The average Bonchev–Trinajstić information content (AvgIpc) is 2.46. The van der Waals surface area contributed by atoms with E-state index in [1.165, 1.54) is 32.1 Å². The third-order valence-electron chi connectivity index (χ3n) is 3.04. The highest BCUT2D eigenvalue weighted by molar-refractivity contribution is 4.85. The Balaban J connectivity index is 1.92. The van der Waals surface area contributed by atoms with Crippen LogP contribution in [0.2, 0.25) is 0 Å². The van der Waals surface area contributed by atoms with E-state index in [0.717, 1.165) is 5.92 Å². The van der Waals surface area contributed by atoms with Crippen LogP contribution in [-0.2, 0) is 4.74 Å². The zero-order valence-electron chi connectivity index (χ0n) is 6.96. The smallest absolute Gasteiger partial charge is 0.0704 e. The zero-order valence-corrected chi connectivity index (χ0v) is 6.96. The Bertz CT molecular complexity index is 124. The van der Waals surface area contributed by atoms with Crippen molar-refractivity contribution in [1.29, 1.82) is 0 Å². The molecular weight excluding hydrogens is 138 g/mol. The van der Waals surface area contributed by atoms with E-state index in [0.29, 0.717) is 18.8 Å². The van der Waals surface area contributed by atoms with Crippen LogP contribution in [0.5, 0.6) is 0 Å². The Morgan fingerprint density at radius 2 is 2.09 bits per heavy atom. The lowest BCUT2D eigenvalue weighted by Gasteiger charge is -2.23. The van der Waals surface area contributed by atoms with Crippen molar-refractivity contribution in [3.8, 4) is 0 Å². The predicted molar refractivity (Wildman–Crippen MR) is 44.3 cm³/mol. The summed E-state index contributed by atoms with van der Waals surface area (Å²) >= 11 is 0. The van der Waals surface area contributed by atoms with Crippen LogP contribution in [0, 0.1) is 5.92 Å². The van der Waals surface area contributed by atoms with Gasteiger partial charge in [0.2, 0.25) is 0 Å². The molecule has 1 saturated carbocycles. The number of fused-ring (bicyclic) bond motifs is 1. The Morgan fingerprint density at radius 3 is 2.82 bits per heavy atom. The first-order valence-corrected chi connectivity index (χ1v) is 4.75. The standard InChI is InChI=1S/C9H17NO/c10-6-8-5-7-3-1-2-4-9(7)11-8/h7-9H,1-6,10H2/t7-,8?,9+/m0/s1. The largest absolute Gasteiger partial charge is 0.373 e. The van der Waals surface area contributed by atoms with Crippen LogP contribution in [-0.4, -0.2) is 18.8 Å². The van der Waals surface area contributed by atoms with Crippen molar-refractivity contribution in [2.75, 3.05) is 6.54 Å². The monoisotopic (exact) mass is 155 g/mol. The van der Waals surface area contributed by atoms with Crippen molar-refractivity contribution >= 4 is 0 Å². The number of rotatable bonds is 1. The van der Waals surface area contributed by atoms with Crippen LogP contribution in [0.25, 0.3) is 0 Å². The summed E-state index contributed by atoms with van der Waals surface area (Å²) in [4.78, 5) is 0. The summed E-state index contributed by atoms with van der Waals surface area (Å²) in [5, 5.41) is 0. The molecule has 1 unspecified atom stereocenters. The van der Waals surface area contributed by atoms with Gasteiger partial charge in [0, 0.05) is 6.54 Å². The van der Waals surface area contributed by atoms with E-state index in [1.54, 1.807) is 0 Å². The molecule has 1 heterocycles. The van der Waals surface area contributed by atoms with Crippen molar-refractivity contribution in [2.24, 2.45) is 11.7 Å². The topological polar surface area (TPSA) is 35.2 Å². The minimum Gasteiger partial charge on any atom is -0.373 e. The molecule has 0 aromatic heterocycles. The fourth-order valence-corrected chi connectivity index (χ4v) is 2.41. The Hall–Kier alpha value is -0.0800. The molecule has 0 amide bonds. The van der Waals surface area contributed by atoms with Crippen molar-refractivity contribution in [3.05, 3.63) is 0 Å². The van der Waals surface area contributed by atoms with E-state index in [2.05, 4.69) is 0 Å². The summed E-state index contributed by atoms with van der Waals surface area (Å²) in [5.74, 6) is 0.845. The van der Waals surface area contributed by atoms with Crippen LogP contribution < -0.4 is 5.73 Å². The van der Waals surface area contributed by atoms with Crippen LogP contribution in [0.4, 0.5) is 0 Å². The predicted octanol–water partition coefficient (Wildman–Crippen LogP) is 1.29. The lowest BCUT2D eigenvalue weighted by atomic mass is 9.85. The molecule has 0 bridgehead atoms. The minimum absolute atomic E-state index is 0.378. The second-order valence-corrected chi connectivity index (χ2v) is 3.81. The van der Waals surface area contributed by atoms with E-state index in [-0.39, 0.29) is 0 Å². The van der Waals surface area contributed by atoms with Gasteiger partial charge in [0.1, 0.15) is 0 Å². The molecule has 1 aliphatic carbocycles. The molecule has 0 spiro atoms. The fraction of sp³-hybridized carbons (Fsp3) is 1.00. The van der Waals surface area contributed by atoms with E-state index >= 15 is 0 Å². The average molecular weight is 155 g/mol. The Kier molecular flexibility index (Phi) is 2.14. The summed E-state index contributed by atoms with van der Waals surface area (Å²) in [7, 11) is 0. The minimum atomic E-state index is 0.378. The van der Waals surface area contributed by atoms with Crippen LogP contribution in [0.1, 0.15) is 32.1 Å². The quantitative estimate of drug-likeness (QED) is 0.619. The first kappa shape index (κ1) is 7.56. The first-order chi connectivity index (χ1) is 5.40. The molecule has 2 aliphatic rings. The molecule has 0 aromatic rings. The van der Waals surface area contributed by atoms with E-state index in [9.17, 15) is 0 Å². The zero-order chi connectivity index (χ0) is 7.68. The molecule has 2 heteroatoms. The third kappa shape index (κ3) is 1.42. The highest BCUT2D eigenvalue weighted by Gasteiger charge is 2.35. The molecule has 2 rings (SSSR count). The van der Waals surface area contributed by atoms with E-state index < -0.39 is 0 Å². The molecule has 0 aromatic carbocycles. The molecule has 1 aliphatic heterocycles. The summed E-state index contributed by atoms with van der Waals surface area (Å²) < 4.78 is 5.79. The van der Waals surface area contributed by atoms with Crippen molar-refractivity contribution in [2.45, 2.75) is 44.3 Å².